The van der Waals surface area contributed by atoms with Crippen LogP contribution in [0.5, 0.6) is 11.5 Å². The van der Waals surface area contributed by atoms with Crippen molar-refractivity contribution in [2.24, 2.45) is 23.2 Å². The minimum Gasteiger partial charge on any atom is -0.493 e. The van der Waals surface area contributed by atoms with Crippen molar-refractivity contribution in [2.45, 2.75) is 45.4 Å². The zero-order valence-electron chi connectivity index (χ0n) is 22.6. The van der Waals surface area contributed by atoms with Crippen molar-refractivity contribution in [3.8, 4) is 11.5 Å². The van der Waals surface area contributed by atoms with Crippen LogP contribution >= 0.6 is 11.8 Å². The number of nitrogens with zero attached hydrogens (tertiary/aromatic N) is 1. The number of thioether (sulfide) groups is 1. The van der Waals surface area contributed by atoms with Gasteiger partial charge in [0.15, 0.2) is 11.5 Å². The third-order valence-corrected chi connectivity index (χ3v) is 9.58. The number of ether oxygens (including phenoxy) is 2. The lowest BCUT2D eigenvalue weighted by molar-refractivity contribution is -0.161. The van der Waals surface area contributed by atoms with Gasteiger partial charge in [-0.15, -0.1) is 0 Å². The second kappa shape index (κ2) is 10.4. The molecule has 4 bridgehead atoms. The Morgan fingerprint density at radius 2 is 1.65 bits per heavy atom. The zero-order chi connectivity index (χ0) is 28.0. The van der Waals surface area contributed by atoms with Crippen molar-refractivity contribution in [2.75, 3.05) is 19.0 Å². The molecule has 0 unspecified atom stereocenters. The fourth-order valence-electron chi connectivity index (χ4n) is 7.20. The van der Waals surface area contributed by atoms with Gasteiger partial charge in [-0.05, 0) is 111 Å². The summed E-state index contributed by atoms with van der Waals surface area (Å²) in [5, 5.41) is 2.20. The third-order valence-electron chi connectivity index (χ3n) is 8.67. The molecule has 1 N–H and O–H groups in total. The maximum atomic E-state index is 13.4. The summed E-state index contributed by atoms with van der Waals surface area (Å²) in [6, 6.07) is 12.3. The quantitative estimate of drug-likeness (QED) is 0.259. The average molecular weight is 561 g/mol. The molecule has 0 radical (unpaired) electrons. The lowest BCUT2D eigenvalue weighted by Crippen LogP contribution is -2.51. The largest absolute Gasteiger partial charge is 0.493 e. The number of esters is 1. The summed E-state index contributed by atoms with van der Waals surface area (Å²) >= 11 is 0.780. The number of amides is 3. The van der Waals surface area contributed by atoms with Gasteiger partial charge in [0, 0.05) is 5.69 Å². The molecule has 1 aliphatic heterocycles. The van der Waals surface area contributed by atoms with Gasteiger partial charge in [-0.2, -0.15) is 0 Å². The number of benzene rings is 2. The smallest absolute Gasteiger partial charge is 0.317 e. The molecule has 7 rings (SSSR count). The Hall–Kier alpha value is -3.59. The maximum absolute atomic E-state index is 13.4. The zero-order valence-corrected chi connectivity index (χ0v) is 23.4. The van der Waals surface area contributed by atoms with E-state index in [-0.39, 0.29) is 22.8 Å². The molecule has 4 saturated carbocycles. The molecule has 1 heterocycles. The van der Waals surface area contributed by atoms with Crippen molar-refractivity contribution < 1.29 is 28.7 Å². The molecule has 0 atom stereocenters. The third kappa shape index (κ3) is 5.14. The molecule has 3 amide bonds. The van der Waals surface area contributed by atoms with Crippen LogP contribution in [-0.4, -0.2) is 41.6 Å². The van der Waals surface area contributed by atoms with Crippen LogP contribution in [0.15, 0.2) is 47.4 Å². The van der Waals surface area contributed by atoms with E-state index in [1.807, 2.05) is 19.1 Å². The highest BCUT2D eigenvalue weighted by atomic mass is 32.2. The number of nitrogens with one attached hydrogen (secondary N) is 1. The van der Waals surface area contributed by atoms with Crippen LogP contribution in [0.1, 0.15) is 49.7 Å². The fraction of sp³-hybridized carbons (Fsp3) is 0.419. The van der Waals surface area contributed by atoms with E-state index in [9.17, 15) is 19.2 Å². The highest BCUT2D eigenvalue weighted by Gasteiger charge is 2.55. The van der Waals surface area contributed by atoms with E-state index in [4.69, 9.17) is 9.47 Å². The molecule has 5 fully saturated rings. The van der Waals surface area contributed by atoms with Gasteiger partial charge in [0.05, 0.1) is 17.4 Å². The lowest BCUT2D eigenvalue weighted by Gasteiger charge is -2.55. The minimum atomic E-state index is -0.537. The van der Waals surface area contributed by atoms with Crippen molar-refractivity contribution in [3.63, 3.8) is 0 Å². The second-order valence-electron chi connectivity index (χ2n) is 11.7. The molecular formula is C31H32N2O6S. The summed E-state index contributed by atoms with van der Waals surface area (Å²) in [7, 11) is 1.50. The molecule has 208 valence electrons. The number of methoxy groups -OCH3 is 1. The average Bonchev–Trinajstić information content (AvgIpc) is 3.17. The Morgan fingerprint density at radius 3 is 2.27 bits per heavy atom. The van der Waals surface area contributed by atoms with Gasteiger partial charge in [0.25, 0.3) is 11.1 Å². The monoisotopic (exact) mass is 560 g/mol. The molecule has 40 heavy (non-hydrogen) atoms. The van der Waals surface area contributed by atoms with E-state index in [2.05, 4.69) is 5.32 Å². The first-order valence-corrected chi connectivity index (χ1v) is 14.6. The summed E-state index contributed by atoms with van der Waals surface area (Å²) in [6.45, 7) is 1.57. The van der Waals surface area contributed by atoms with Crippen LogP contribution in [0.25, 0.3) is 6.08 Å². The standard InChI is InChI=1S/C31H32N2O6S/c1-18-3-6-23(7-4-18)32-27(34)17-33-28(35)26(40-30(33)37)13-19-5-8-24(25(12-19)38-2)39-29(36)31-14-20-9-21(15-31)11-22(10-20)16-31/h3-8,12-13,20-22H,9-11,14-17H2,1-2H3,(H,32,34)/b26-13-. The van der Waals surface area contributed by atoms with Gasteiger partial charge in [-0.25, -0.2) is 0 Å². The molecule has 5 aliphatic rings. The predicted octanol–water partition coefficient (Wildman–Crippen LogP) is 5.80. The first-order chi connectivity index (χ1) is 19.2. The van der Waals surface area contributed by atoms with Gasteiger partial charge in [-0.1, -0.05) is 23.8 Å². The van der Waals surface area contributed by atoms with Crippen molar-refractivity contribution >= 4 is 46.5 Å². The number of rotatable bonds is 7. The number of carbonyl (C=O) groups excluding carboxylic acids is 4. The fourth-order valence-corrected chi connectivity index (χ4v) is 8.03. The minimum absolute atomic E-state index is 0.164. The highest BCUT2D eigenvalue weighted by molar-refractivity contribution is 8.18. The number of imide groups is 1. The number of carbonyl (C=O) groups is 4. The number of hydrogen-bond acceptors (Lipinski definition) is 7. The first-order valence-electron chi connectivity index (χ1n) is 13.7. The number of hydrogen-bond donors (Lipinski definition) is 1. The van der Waals surface area contributed by atoms with Crippen molar-refractivity contribution in [3.05, 3.63) is 58.5 Å². The SMILES string of the molecule is COc1cc(/C=C2\SC(=O)N(CC(=O)Nc3ccc(C)cc3)C2=O)ccc1OC(=O)C12CC3CC(CC(C3)C1)C2. The van der Waals surface area contributed by atoms with Gasteiger partial charge in [0.2, 0.25) is 5.91 Å². The molecule has 8 nitrogen and oxygen atoms in total. The maximum Gasteiger partial charge on any atom is 0.317 e. The van der Waals surface area contributed by atoms with Gasteiger partial charge >= 0.3 is 5.97 Å². The summed E-state index contributed by atoms with van der Waals surface area (Å²) in [5.74, 6) is 1.46. The lowest BCUT2D eigenvalue weighted by atomic mass is 9.49. The first kappa shape index (κ1) is 26.6. The molecule has 9 heteroatoms. The van der Waals surface area contributed by atoms with E-state index in [0.29, 0.717) is 40.5 Å². The molecule has 0 spiro atoms. The molecule has 2 aromatic carbocycles. The number of aryl methyl sites for hydroxylation is 1. The van der Waals surface area contributed by atoms with Crippen LogP contribution in [0.2, 0.25) is 0 Å². The topological polar surface area (TPSA) is 102 Å². The summed E-state index contributed by atoms with van der Waals surface area (Å²) in [4.78, 5) is 52.5. The Labute approximate surface area is 237 Å². The molecular weight excluding hydrogens is 528 g/mol. The van der Waals surface area contributed by atoms with Crippen LogP contribution in [0, 0.1) is 30.1 Å². The van der Waals surface area contributed by atoms with Crippen LogP contribution in [-0.2, 0) is 14.4 Å². The van der Waals surface area contributed by atoms with Crippen LogP contribution < -0.4 is 14.8 Å². The highest BCUT2D eigenvalue weighted by Crippen LogP contribution is 2.60. The predicted molar refractivity (Wildman–Crippen MR) is 152 cm³/mol. The summed E-state index contributed by atoms with van der Waals surface area (Å²) < 4.78 is 11.5. The van der Waals surface area contributed by atoms with Gasteiger partial charge in [0.1, 0.15) is 6.54 Å². The normalized spacial score (nSPS) is 27.8. The number of anilines is 1. The summed E-state index contributed by atoms with van der Waals surface area (Å²) in [6.07, 6.45) is 8.05. The van der Waals surface area contributed by atoms with Crippen LogP contribution in [0.4, 0.5) is 10.5 Å². The van der Waals surface area contributed by atoms with Crippen LogP contribution in [0.3, 0.4) is 0 Å². The van der Waals surface area contributed by atoms with Crippen molar-refractivity contribution in [1.29, 1.82) is 0 Å². The van der Waals surface area contributed by atoms with Gasteiger partial charge in [-0.3, -0.25) is 24.1 Å². The Morgan fingerprint density at radius 1 is 1.00 bits per heavy atom. The Balaban J connectivity index is 1.13. The molecule has 0 aromatic heterocycles. The molecule has 1 saturated heterocycles. The van der Waals surface area contributed by atoms with Crippen molar-refractivity contribution in [1.82, 2.24) is 4.90 Å². The van der Waals surface area contributed by atoms with E-state index in [0.717, 1.165) is 41.5 Å². The molecule has 4 aliphatic carbocycles. The Kier molecular flexibility index (Phi) is 6.94. The van der Waals surface area contributed by atoms with E-state index in [1.165, 1.54) is 26.4 Å². The van der Waals surface area contributed by atoms with E-state index < -0.39 is 17.1 Å². The Bertz CT molecular complexity index is 1380. The molecule has 2 aromatic rings. The van der Waals surface area contributed by atoms with Gasteiger partial charge < -0.3 is 14.8 Å². The van der Waals surface area contributed by atoms with E-state index in [1.54, 1.807) is 36.4 Å². The summed E-state index contributed by atoms with van der Waals surface area (Å²) in [5.41, 5.74) is 1.87. The van der Waals surface area contributed by atoms with E-state index >= 15 is 0 Å². The second-order valence-corrected chi connectivity index (χ2v) is 12.7.